The molecular weight excluding hydrogens is 399 g/mol. The fraction of sp³-hybridized carbons (Fsp3) is 0.211. The molecule has 142 valence electrons. The molecule has 1 unspecified atom stereocenters. The Balaban J connectivity index is 1.49. The molecule has 0 saturated heterocycles. The van der Waals surface area contributed by atoms with Gasteiger partial charge in [0, 0.05) is 36.4 Å². The lowest BCUT2D eigenvalue weighted by molar-refractivity contribution is 0.227. The summed E-state index contributed by atoms with van der Waals surface area (Å²) in [5, 5.41) is 12.6. The molecule has 3 aromatic heterocycles. The van der Waals surface area contributed by atoms with Crippen LogP contribution in [0.5, 0.6) is 5.75 Å². The maximum absolute atomic E-state index is 6.25. The lowest BCUT2D eigenvalue weighted by atomic mass is 10.1. The number of fused-ring (bicyclic) bond motifs is 2. The van der Waals surface area contributed by atoms with Crippen LogP contribution in [0.2, 0.25) is 10.0 Å². The smallest absolute Gasteiger partial charge is 0.159 e. The first-order valence-corrected chi connectivity index (χ1v) is 9.58. The highest BCUT2D eigenvalue weighted by atomic mass is 35.5. The molecule has 0 spiro atoms. The van der Waals surface area contributed by atoms with Gasteiger partial charge in [0.2, 0.25) is 0 Å². The standard InChI is InChI=1S/C19H16Cl2N6O/c1-9(17-12(20)5-22-6-13(17)21)28-10-2-3-14-11(4-10)18(27-26-14)19-24-15-7-23-8-16(15)25-19/h2-6,9,23H,7-8H2,1H3,(H,24,25)(H,26,27). The van der Waals surface area contributed by atoms with E-state index in [1.165, 1.54) is 0 Å². The highest BCUT2D eigenvalue weighted by Crippen LogP contribution is 2.34. The zero-order chi connectivity index (χ0) is 19.3. The molecule has 1 aliphatic rings. The van der Waals surface area contributed by atoms with E-state index in [-0.39, 0.29) is 6.10 Å². The van der Waals surface area contributed by atoms with Crippen molar-refractivity contribution >= 4 is 34.1 Å². The number of benzene rings is 1. The minimum Gasteiger partial charge on any atom is -0.486 e. The number of imidazole rings is 1. The molecule has 4 heterocycles. The molecule has 9 heteroatoms. The summed E-state index contributed by atoms with van der Waals surface area (Å²) in [7, 11) is 0. The summed E-state index contributed by atoms with van der Waals surface area (Å²) in [6, 6.07) is 5.76. The fourth-order valence-electron chi connectivity index (χ4n) is 3.48. The molecular formula is C19H16Cl2N6O. The van der Waals surface area contributed by atoms with Gasteiger partial charge in [-0.15, -0.1) is 0 Å². The molecule has 3 N–H and O–H groups in total. The van der Waals surface area contributed by atoms with Crippen LogP contribution in [0.25, 0.3) is 22.4 Å². The van der Waals surface area contributed by atoms with Crippen molar-refractivity contribution < 1.29 is 4.74 Å². The maximum atomic E-state index is 6.25. The molecule has 0 fully saturated rings. The number of pyridine rings is 1. The number of nitrogens with one attached hydrogen (secondary N) is 3. The van der Waals surface area contributed by atoms with E-state index in [1.807, 2.05) is 25.1 Å². The van der Waals surface area contributed by atoms with Gasteiger partial charge in [-0.25, -0.2) is 4.98 Å². The largest absolute Gasteiger partial charge is 0.486 e. The van der Waals surface area contributed by atoms with Gasteiger partial charge in [0.15, 0.2) is 5.82 Å². The van der Waals surface area contributed by atoms with E-state index in [4.69, 9.17) is 27.9 Å². The minimum absolute atomic E-state index is 0.339. The zero-order valence-electron chi connectivity index (χ0n) is 14.9. The third-order valence-electron chi connectivity index (χ3n) is 4.83. The Morgan fingerprint density at radius 1 is 1.14 bits per heavy atom. The van der Waals surface area contributed by atoms with Gasteiger partial charge in [-0.1, -0.05) is 23.2 Å². The molecule has 0 bridgehead atoms. The number of aromatic nitrogens is 5. The van der Waals surface area contributed by atoms with Crippen molar-refractivity contribution in [3.05, 3.63) is 57.6 Å². The van der Waals surface area contributed by atoms with Crippen LogP contribution in [0.4, 0.5) is 0 Å². The summed E-state index contributed by atoms with van der Waals surface area (Å²) in [6.45, 7) is 3.47. The van der Waals surface area contributed by atoms with E-state index in [1.54, 1.807) is 12.4 Å². The second kappa shape index (κ2) is 6.77. The Kier molecular flexibility index (Phi) is 4.23. The van der Waals surface area contributed by atoms with Crippen LogP contribution in [0.3, 0.4) is 0 Å². The van der Waals surface area contributed by atoms with Crippen LogP contribution in [-0.2, 0) is 13.1 Å². The molecule has 0 amide bonds. The van der Waals surface area contributed by atoms with Gasteiger partial charge in [-0.3, -0.25) is 10.1 Å². The van der Waals surface area contributed by atoms with E-state index in [0.717, 1.165) is 46.9 Å². The van der Waals surface area contributed by atoms with Crippen molar-refractivity contribution in [2.45, 2.75) is 26.1 Å². The second-order valence-electron chi connectivity index (χ2n) is 6.67. The summed E-state index contributed by atoms with van der Waals surface area (Å²) in [6.07, 6.45) is 2.78. The van der Waals surface area contributed by atoms with Crippen molar-refractivity contribution in [2.24, 2.45) is 0 Å². The van der Waals surface area contributed by atoms with Crippen LogP contribution < -0.4 is 10.1 Å². The van der Waals surface area contributed by atoms with Gasteiger partial charge in [0.1, 0.15) is 17.5 Å². The Hall–Kier alpha value is -2.61. The summed E-state index contributed by atoms with van der Waals surface area (Å²) < 4.78 is 6.11. The van der Waals surface area contributed by atoms with Crippen molar-refractivity contribution in [2.75, 3.05) is 0 Å². The molecule has 7 nitrogen and oxygen atoms in total. The van der Waals surface area contributed by atoms with Crippen molar-refractivity contribution in [1.29, 1.82) is 0 Å². The SMILES string of the molecule is CC(Oc1ccc2[nH]nc(-c3nc4c([nH]3)CNC4)c2c1)c1c(Cl)cncc1Cl. The van der Waals surface area contributed by atoms with Crippen molar-refractivity contribution in [3.63, 3.8) is 0 Å². The topological polar surface area (TPSA) is 91.5 Å². The average molecular weight is 415 g/mol. The minimum atomic E-state index is -0.339. The van der Waals surface area contributed by atoms with E-state index >= 15 is 0 Å². The number of hydrogen-bond acceptors (Lipinski definition) is 5. The molecule has 1 aliphatic heterocycles. The van der Waals surface area contributed by atoms with E-state index < -0.39 is 0 Å². The van der Waals surface area contributed by atoms with Crippen LogP contribution >= 0.6 is 23.2 Å². The third-order valence-corrected chi connectivity index (χ3v) is 5.43. The Morgan fingerprint density at radius 3 is 2.75 bits per heavy atom. The van der Waals surface area contributed by atoms with Gasteiger partial charge in [0.05, 0.1) is 26.9 Å². The number of halogens is 2. The van der Waals surface area contributed by atoms with Crippen molar-refractivity contribution in [3.8, 4) is 17.3 Å². The first kappa shape index (κ1) is 17.5. The van der Waals surface area contributed by atoms with Gasteiger partial charge in [0.25, 0.3) is 0 Å². The first-order valence-electron chi connectivity index (χ1n) is 8.82. The lowest BCUT2D eigenvalue weighted by Crippen LogP contribution is -2.05. The van der Waals surface area contributed by atoms with Crippen LogP contribution in [0, 0.1) is 0 Å². The molecule has 1 aromatic carbocycles. The average Bonchev–Trinajstić information content (AvgIpc) is 3.35. The normalized spacial score (nSPS) is 14.4. The number of aromatic amines is 2. The maximum Gasteiger partial charge on any atom is 0.159 e. The summed E-state index contributed by atoms with van der Waals surface area (Å²) in [5.41, 5.74) is 4.52. The molecule has 1 atom stereocenters. The van der Waals surface area contributed by atoms with E-state index in [2.05, 4.69) is 30.5 Å². The third kappa shape index (κ3) is 2.92. The number of nitrogens with zero attached hydrogens (tertiary/aromatic N) is 3. The Morgan fingerprint density at radius 2 is 1.96 bits per heavy atom. The van der Waals surface area contributed by atoms with E-state index in [0.29, 0.717) is 21.4 Å². The van der Waals surface area contributed by atoms with Crippen LogP contribution in [-0.4, -0.2) is 25.1 Å². The van der Waals surface area contributed by atoms with Gasteiger partial charge in [-0.2, -0.15) is 5.10 Å². The molecule has 4 aromatic rings. The number of rotatable bonds is 4. The van der Waals surface area contributed by atoms with E-state index in [9.17, 15) is 0 Å². The predicted octanol–water partition coefficient (Wildman–Crippen LogP) is 4.40. The molecule has 5 rings (SSSR count). The molecule has 28 heavy (non-hydrogen) atoms. The highest BCUT2D eigenvalue weighted by Gasteiger charge is 2.20. The quantitative estimate of drug-likeness (QED) is 0.460. The van der Waals surface area contributed by atoms with Crippen LogP contribution in [0.1, 0.15) is 30.0 Å². The number of ether oxygens (including phenoxy) is 1. The number of hydrogen-bond donors (Lipinski definition) is 3. The Labute approximate surface area is 170 Å². The highest BCUT2D eigenvalue weighted by molar-refractivity contribution is 6.35. The summed E-state index contributed by atoms with van der Waals surface area (Å²) >= 11 is 12.5. The zero-order valence-corrected chi connectivity index (χ0v) is 16.4. The summed E-state index contributed by atoms with van der Waals surface area (Å²) in [4.78, 5) is 12.0. The summed E-state index contributed by atoms with van der Waals surface area (Å²) in [5.74, 6) is 1.44. The monoisotopic (exact) mass is 414 g/mol. The van der Waals surface area contributed by atoms with Crippen molar-refractivity contribution in [1.82, 2.24) is 30.5 Å². The first-order chi connectivity index (χ1) is 13.6. The van der Waals surface area contributed by atoms with Crippen LogP contribution in [0.15, 0.2) is 30.6 Å². The molecule has 0 saturated carbocycles. The van der Waals surface area contributed by atoms with Gasteiger partial charge < -0.3 is 15.0 Å². The lowest BCUT2D eigenvalue weighted by Gasteiger charge is -2.17. The molecule has 0 aliphatic carbocycles. The number of H-pyrrole nitrogens is 2. The Bertz CT molecular complexity index is 1140. The van der Waals surface area contributed by atoms with Gasteiger partial charge >= 0.3 is 0 Å². The predicted molar refractivity (Wildman–Crippen MR) is 108 cm³/mol. The molecule has 0 radical (unpaired) electrons. The van der Waals surface area contributed by atoms with Gasteiger partial charge in [-0.05, 0) is 25.1 Å². The second-order valence-corrected chi connectivity index (χ2v) is 7.49. The fourth-order valence-corrected chi connectivity index (χ4v) is 4.15.